The Bertz CT molecular complexity index is 753. The van der Waals surface area contributed by atoms with E-state index in [1.807, 2.05) is 6.07 Å². The number of nitrogens with zero attached hydrogens (tertiary/aromatic N) is 1. The molecule has 0 aliphatic carbocycles. The number of sulfone groups is 1. The summed E-state index contributed by atoms with van der Waals surface area (Å²) in [5.74, 6) is 0.280. The van der Waals surface area contributed by atoms with Crippen LogP contribution in [0.3, 0.4) is 0 Å². The fraction of sp³-hybridized carbons (Fsp3) is 0.0714. The molecular weight excluding hydrogens is 296 g/mol. The van der Waals surface area contributed by atoms with E-state index < -0.39 is 9.84 Å². The average molecular weight is 309 g/mol. The maximum absolute atomic E-state index is 11.4. The van der Waals surface area contributed by atoms with E-state index in [2.05, 4.69) is 4.99 Å². The van der Waals surface area contributed by atoms with Crippen molar-refractivity contribution >= 4 is 33.0 Å². The first-order valence-electron chi connectivity index (χ1n) is 5.77. The molecule has 104 valence electrons. The first-order chi connectivity index (χ1) is 9.38. The molecule has 0 fully saturated rings. The first kappa shape index (κ1) is 14.6. The van der Waals surface area contributed by atoms with Gasteiger partial charge in [-0.05, 0) is 36.4 Å². The van der Waals surface area contributed by atoms with Gasteiger partial charge in [-0.1, -0.05) is 23.7 Å². The van der Waals surface area contributed by atoms with Crippen LogP contribution in [0.15, 0.2) is 58.4 Å². The summed E-state index contributed by atoms with van der Waals surface area (Å²) in [5, 5.41) is 0.515. The van der Waals surface area contributed by atoms with Crippen molar-refractivity contribution in [3.8, 4) is 0 Å². The molecule has 0 aliphatic heterocycles. The summed E-state index contributed by atoms with van der Waals surface area (Å²) >= 11 is 6.03. The van der Waals surface area contributed by atoms with Crippen LogP contribution in [0.4, 0.5) is 5.69 Å². The number of hydrogen-bond acceptors (Lipinski definition) is 3. The van der Waals surface area contributed by atoms with Crippen LogP contribution in [0.2, 0.25) is 5.02 Å². The van der Waals surface area contributed by atoms with Gasteiger partial charge in [-0.2, -0.15) is 0 Å². The Labute approximate surface area is 122 Å². The second-order valence-corrected chi connectivity index (χ2v) is 6.67. The van der Waals surface area contributed by atoms with Crippen molar-refractivity contribution < 1.29 is 8.42 Å². The van der Waals surface area contributed by atoms with Crippen molar-refractivity contribution in [1.29, 1.82) is 0 Å². The maximum atomic E-state index is 11.4. The number of halogens is 1. The largest absolute Gasteiger partial charge is 0.383 e. The van der Waals surface area contributed by atoms with Gasteiger partial charge in [-0.15, -0.1) is 0 Å². The highest BCUT2D eigenvalue weighted by molar-refractivity contribution is 7.90. The molecule has 0 radical (unpaired) electrons. The Balaban J connectivity index is 2.34. The van der Waals surface area contributed by atoms with Gasteiger partial charge in [0.1, 0.15) is 5.84 Å². The summed E-state index contributed by atoms with van der Waals surface area (Å²) in [5.41, 5.74) is 7.10. The van der Waals surface area contributed by atoms with Crippen LogP contribution in [0.5, 0.6) is 0 Å². The van der Waals surface area contributed by atoms with Gasteiger partial charge in [0.25, 0.3) is 0 Å². The van der Waals surface area contributed by atoms with E-state index in [1.165, 1.54) is 12.1 Å². The highest BCUT2D eigenvalue weighted by atomic mass is 35.5. The van der Waals surface area contributed by atoms with Crippen LogP contribution >= 0.6 is 11.6 Å². The van der Waals surface area contributed by atoms with Crippen LogP contribution in [0.1, 0.15) is 5.56 Å². The second kappa shape index (κ2) is 5.64. The zero-order valence-electron chi connectivity index (χ0n) is 10.7. The lowest BCUT2D eigenvalue weighted by Crippen LogP contribution is -2.13. The smallest absolute Gasteiger partial charge is 0.175 e. The van der Waals surface area contributed by atoms with Crippen molar-refractivity contribution in [2.24, 2.45) is 10.7 Å². The van der Waals surface area contributed by atoms with E-state index in [0.717, 1.165) is 6.26 Å². The van der Waals surface area contributed by atoms with Crippen LogP contribution in [0.25, 0.3) is 0 Å². The summed E-state index contributed by atoms with van der Waals surface area (Å²) < 4.78 is 22.7. The molecule has 0 saturated heterocycles. The third-order valence-electron chi connectivity index (χ3n) is 2.66. The molecule has 0 atom stereocenters. The predicted molar refractivity (Wildman–Crippen MR) is 81.4 cm³/mol. The molecule has 0 aliphatic rings. The Morgan fingerprint density at radius 2 is 1.70 bits per heavy atom. The number of nitrogens with two attached hydrogens (primary N) is 1. The van der Waals surface area contributed by atoms with Crippen molar-refractivity contribution in [3.63, 3.8) is 0 Å². The number of amidine groups is 1. The van der Waals surface area contributed by atoms with Crippen molar-refractivity contribution in [2.45, 2.75) is 4.90 Å². The Hall–Kier alpha value is -1.85. The molecule has 0 unspecified atom stereocenters. The lowest BCUT2D eigenvalue weighted by Gasteiger charge is -2.04. The fourth-order valence-corrected chi connectivity index (χ4v) is 2.50. The lowest BCUT2D eigenvalue weighted by atomic mass is 10.2. The normalized spacial score (nSPS) is 12.4. The van der Waals surface area contributed by atoms with Crippen LogP contribution in [-0.4, -0.2) is 20.5 Å². The summed E-state index contributed by atoms with van der Waals surface area (Å²) in [6, 6.07) is 13.3. The SMILES string of the molecule is CS(=O)(=O)c1ccc(N=C(N)c2ccccc2Cl)cc1. The van der Waals surface area contributed by atoms with E-state index in [1.54, 1.807) is 30.3 Å². The summed E-state index contributed by atoms with van der Waals surface area (Å²) in [7, 11) is -3.21. The lowest BCUT2D eigenvalue weighted by molar-refractivity contribution is 0.602. The molecule has 4 nitrogen and oxygen atoms in total. The van der Waals surface area contributed by atoms with Gasteiger partial charge in [-0.3, -0.25) is 0 Å². The van der Waals surface area contributed by atoms with Crippen molar-refractivity contribution in [1.82, 2.24) is 0 Å². The summed E-state index contributed by atoms with van der Waals surface area (Å²) in [6.45, 7) is 0. The van der Waals surface area contributed by atoms with E-state index in [-0.39, 0.29) is 10.7 Å². The molecular formula is C14H13ClN2O2S. The van der Waals surface area contributed by atoms with Gasteiger partial charge in [-0.25, -0.2) is 13.4 Å². The van der Waals surface area contributed by atoms with Crippen LogP contribution < -0.4 is 5.73 Å². The Morgan fingerprint density at radius 3 is 2.25 bits per heavy atom. The predicted octanol–water partition coefficient (Wildman–Crippen LogP) is 2.78. The van der Waals surface area contributed by atoms with Crippen molar-refractivity contribution in [3.05, 3.63) is 59.1 Å². The van der Waals surface area contributed by atoms with Gasteiger partial charge in [0, 0.05) is 11.8 Å². The monoisotopic (exact) mass is 308 g/mol. The van der Waals surface area contributed by atoms with Crippen LogP contribution in [-0.2, 0) is 9.84 Å². The molecule has 6 heteroatoms. The maximum Gasteiger partial charge on any atom is 0.175 e. The fourth-order valence-electron chi connectivity index (χ4n) is 1.64. The van der Waals surface area contributed by atoms with Gasteiger partial charge in [0.15, 0.2) is 9.84 Å². The highest BCUT2D eigenvalue weighted by Gasteiger charge is 2.07. The first-order valence-corrected chi connectivity index (χ1v) is 8.04. The quantitative estimate of drug-likeness (QED) is 0.700. The molecule has 0 spiro atoms. The van der Waals surface area contributed by atoms with E-state index in [4.69, 9.17) is 17.3 Å². The molecule has 2 rings (SSSR count). The molecule has 2 aromatic rings. The summed E-state index contributed by atoms with van der Waals surface area (Å²) in [4.78, 5) is 4.47. The number of aliphatic imine (C=N–C) groups is 1. The number of benzene rings is 2. The molecule has 0 heterocycles. The van der Waals surface area contributed by atoms with Crippen LogP contribution in [0, 0.1) is 0 Å². The molecule has 0 saturated carbocycles. The molecule has 0 aromatic heterocycles. The standard InChI is InChI=1S/C14H13ClN2O2S/c1-20(18,19)11-8-6-10(7-9-11)17-14(16)12-4-2-3-5-13(12)15/h2-9H,1H3,(H2,16,17). The molecule has 2 N–H and O–H groups in total. The van der Waals surface area contributed by atoms with E-state index >= 15 is 0 Å². The molecule has 0 amide bonds. The summed E-state index contributed by atoms with van der Waals surface area (Å²) in [6.07, 6.45) is 1.16. The number of hydrogen-bond donors (Lipinski definition) is 1. The zero-order chi connectivity index (χ0) is 14.8. The van der Waals surface area contributed by atoms with Gasteiger partial charge in [0.05, 0.1) is 15.6 Å². The number of rotatable bonds is 3. The molecule has 20 heavy (non-hydrogen) atoms. The minimum absolute atomic E-state index is 0.243. The van der Waals surface area contributed by atoms with Gasteiger partial charge < -0.3 is 5.73 Å². The molecule has 2 aromatic carbocycles. The van der Waals surface area contributed by atoms with E-state index in [0.29, 0.717) is 16.3 Å². The average Bonchev–Trinajstić information content (AvgIpc) is 2.38. The van der Waals surface area contributed by atoms with Crippen molar-refractivity contribution in [2.75, 3.05) is 6.26 Å². The zero-order valence-corrected chi connectivity index (χ0v) is 12.3. The third kappa shape index (κ3) is 3.37. The third-order valence-corrected chi connectivity index (χ3v) is 4.12. The van der Waals surface area contributed by atoms with Gasteiger partial charge in [0.2, 0.25) is 0 Å². The topological polar surface area (TPSA) is 72.5 Å². The Morgan fingerprint density at radius 1 is 1.10 bits per heavy atom. The highest BCUT2D eigenvalue weighted by Crippen LogP contribution is 2.19. The van der Waals surface area contributed by atoms with E-state index in [9.17, 15) is 8.42 Å². The van der Waals surface area contributed by atoms with Gasteiger partial charge >= 0.3 is 0 Å². The minimum atomic E-state index is -3.21. The Kier molecular flexibility index (Phi) is 4.11. The molecule has 0 bridgehead atoms. The minimum Gasteiger partial charge on any atom is -0.383 e. The second-order valence-electron chi connectivity index (χ2n) is 4.24.